The molecule has 0 amide bonds. The van der Waals surface area contributed by atoms with Gasteiger partial charge in [0, 0.05) is 10.9 Å². The van der Waals surface area contributed by atoms with Gasteiger partial charge in [-0.25, -0.2) is 4.39 Å². The molecule has 0 aliphatic carbocycles. The van der Waals surface area contributed by atoms with Crippen LogP contribution in [0.1, 0.15) is 0 Å². The smallest absolute Gasteiger partial charge is 0.148 e. The van der Waals surface area contributed by atoms with Crippen molar-refractivity contribution in [1.29, 1.82) is 0 Å². The summed E-state index contributed by atoms with van der Waals surface area (Å²) < 4.78 is 19.5. The van der Waals surface area contributed by atoms with Crippen LogP contribution in [-0.2, 0) is 0 Å². The van der Waals surface area contributed by atoms with E-state index in [1.165, 1.54) is 12.1 Å². The maximum Gasteiger partial charge on any atom is 0.148 e. The second kappa shape index (κ2) is 4.00. The van der Waals surface area contributed by atoms with Gasteiger partial charge in [0.15, 0.2) is 0 Å². The second-order valence-electron chi connectivity index (χ2n) is 3.78. The number of hydrogen-bond acceptors (Lipinski definition) is 1. The molecule has 3 aromatic rings. The Morgan fingerprint density at radius 1 is 1.06 bits per heavy atom. The third kappa shape index (κ3) is 1.76. The lowest BCUT2D eigenvalue weighted by molar-refractivity contribution is 0.608. The number of hydrogen-bond donors (Lipinski definition) is 0. The highest BCUT2D eigenvalue weighted by molar-refractivity contribution is 9.10. The summed E-state index contributed by atoms with van der Waals surface area (Å²) in [5.74, 6) is -0.275. The lowest BCUT2D eigenvalue weighted by Crippen LogP contribution is -1.78. The molecule has 0 atom stereocenters. The maximum absolute atomic E-state index is 13.4. The van der Waals surface area contributed by atoms with Crippen LogP contribution in [0.3, 0.4) is 0 Å². The van der Waals surface area contributed by atoms with Crippen LogP contribution in [-0.4, -0.2) is 0 Å². The topological polar surface area (TPSA) is 13.1 Å². The number of furan rings is 1. The monoisotopic (exact) mass is 290 g/mol. The zero-order valence-corrected chi connectivity index (χ0v) is 10.4. The van der Waals surface area contributed by atoms with E-state index in [9.17, 15) is 4.39 Å². The molecule has 0 bridgehead atoms. The minimum absolute atomic E-state index is 0.275. The molecular formula is C14H8BrFO. The highest BCUT2D eigenvalue weighted by atomic mass is 79.9. The van der Waals surface area contributed by atoms with Gasteiger partial charge in [-0.15, -0.1) is 0 Å². The fraction of sp³-hybridized carbons (Fsp3) is 0. The molecule has 0 radical (unpaired) electrons. The van der Waals surface area contributed by atoms with Gasteiger partial charge in [0.05, 0.1) is 10.7 Å². The zero-order chi connectivity index (χ0) is 11.8. The van der Waals surface area contributed by atoms with Crippen molar-refractivity contribution >= 4 is 26.9 Å². The Balaban J connectivity index is 2.32. The van der Waals surface area contributed by atoms with Crippen LogP contribution in [0.4, 0.5) is 4.39 Å². The van der Waals surface area contributed by atoms with Gasteiger partial charge in [0.25, 0.3) is 0 Å². The van der Waals surface area contributed by atoms with Gasteiger partial charge >= 0.3 is 0 Å². The molecule has 0 unspecified atom stereocenters. The van der Waals surface area contributed by atoms with Crippen molar-refractivity contribution in [3.05, 3.63) is 59.0 Å². The first kappa shape index (κ1) is 10.5. The van der Waals surface area contributed by atoms with Crippen LogP contribution in [0.25, 0.3) is 22.1 Å². The molecule has 1 aromatic heterocycles. The predicted molar refractivity (Wildman–Crippen MR) is 69.3 cm³/mol. The Bertz CT molecular complexity index is 673. The summed E-state index contributed by atoms with van der Waals surface area (Å²) in [6, 6.07) is 12.7. The summed E-state index contributed by atoms with van der Waals surface area (Å²) in [5, 5.41) is 0.781. The molecule has 2 aromatic carbocycles. The summed E-state index contributed by atoms with van der Waals surface area (Å²) in [7, 11) is 0. The van der Waals surface area contributed by atoms with Crippen LogP contribution in [0.5, 0.6) is 0 Å². The Labute approximate surface area is 106 Å². The average molecular weight is 291 g/mol. The summed E-state index contributed by atoms with van der Waals surface area (Å²) in [6.07, 6.45) is 1.66. The Morgan fingerprint density at radius 2 is 1.82 bits per heavy atom. The lowest BCUT2D eigenvalue weighted by Gasteiger charge is -1.98. The van der Waals surface area contributed by atoms with Crippen LogP contribution < -0.4 is 0 Å². The summed E-state index contributed by atoms with van der Waals surface area (Å²) in [6.45, 7) is 0. The molecule has 17 heavy (non-hydrogen) atoms. The van der Waals surface area contributed by atoms with Crippen molar-refractivity contribution in [2.24, 2.45) is 0 Å². The van der Waals surface area contributed by atoms with Crippen LogP contribution in [0.2, 0.25) is 0 Å². The van der Waals surface area contributed by atoms with Crippen molar-refractivity contribution in [3.63, 3.8) is 0 Å². The molecule has 84 valence electrons. The normalized spacial score (nSPS) is 10.9. The van der Waals surface area contributed by atoms with E-state index < -0.39 is 0 Å². The van der Waals surface area contributed by atoms with Gasteiger partial charge in [-0.1, -0.05) is 30.3 Å². The van der Waals surface area contributed by atoms with Gasteiger partial charge in [-0.05, 0) is 33.6 Å². The van der Waals surface area contributed by atoms with E-state index in [4.69, 9.17) is 4.42 Å². The van der Waals surface area contributed by atoms with Crippen LogP contribution in [0.15, 0.2) is 57.6 Å². The van der Waals surface area contributed by atoms with Crippen molar-refractivity contribution in [3.8, 4) is 11.1 Å². The summed E-state index contributed by atoms with van der Waals surface area (Å²) in [5.41, 5.74) is 2.59. The molecule has 0 spiro atoms. The van der Waals surface area contributed by atoms with Gasteiger partial charge in [-0.3, -0.25) is 0 Å². The lowest BCUT2D eigenvalue weighted by atomic mass is 10.1. The van der Waals surface area contributed by atoms with E-state index >= 15 is 0 Å². The van der Waals surface area contributed by atoms with Crippen LogP contribution >= 0.6 is 15.9 Å². The van der Waals surface area contributed by atoms with Gasteiger partial charge < -0.3 is 4.42 Å². The molecule has 0 saturated carbocycles. The molecular weight excluding hydrogens is 283 g/mol. The molecule has 3 heteroatoms. The minimum Gasteiger partial charge on any atom is -0.462 e. The molecule has 0 N–H and O–H groups in total. The molecule has 1 heterocycles. The van der Waals surface area contributed by atoms with E-state index in [1.54, 1.807) is 6.26 Å². The Morgan fingerprint density at radius 3 is 2.59 bits per heavy atom. The van der Waals surface area contributed by atoms with Gasteiger partial charge in [-0.2, -0.15) is 0 Å². The van der Waals surface area contributed by atoms with Crippen molar-refractivity contribution in [1.82, 2.24) is 0 Å². The number of benzene rings is 2. The van der Waals surface area contributed by atoms with E-state index in [0.29, 0.717) is 10.1 Å². The molecule has 0 saturated heterocycles. The summed E-state index contributed by atoms with van der Waals surface area (Å²) >= 11 is 3.30. The largest absolute Gasteiger partial charge is 0.462 e. The van der Waals surface area contributed by atoms with E-state index in [-0.39, 0.29) is 5.82 Å². The van der Waals surface area contributed by atoms with Crippen molar-refractivity contribution in [2.45, 2.75) is 0 Å². The van der Waals surface area contributed by atoms with E-state index in [2.05, 4.69) is 15.9 Å². The highest BCUT2D eigenvalue weighted by Gasteiger charge is 2.11. The Kier molecular flexibility index (Phi) is 2.48. The Hall–Kier alpha value is -1.61. The first-order valence-corrected chi connectivity index (χ1v) is 5.96. The maximum atomic E-state index is 13.4. The number of fused-ring (bicyclic) bond motifs is 1. The first-order valence-electron chi connectivity index (χ1n) is 5.17. The third-order valence-electron chi connectivity index (χ3n) is 2.68. The van der Waals surface area contributed by atoms with Crippen LogP contribution in [0, 0.1) is 5.82 Å². The van der Waals surface area contributed by atoms with Gasteiger partial charge in [0.2, 0.25) is 0 Å². The predicted octanol–water partition coefficient (Wildman–Crippen LogP) is 5.00. The molecule has 0 aliphatic rings. The molecule has 0 aliphatic heterocycles. The molecule has 0 fully saturated rings. The molecule has 1 nitrogen and oxygen atoms in total. The van der Waals surface area contributed by atoms with Crippen molar-refractivity contribution < 1.29 is 8.81 Å². The zero-order valence-electron chi connectivity index (χ0n) is 8.78. The van der Waals surface area contributed by atoms with Gasteiger partial charge in [0.1, 0.15) is 11.4 Å². The number of halogens is 2. The highest BCUT2D eigenvalue weighted by Crippen LogP contribution is 2.34. The minimum atomic E-state index is -0.275. The SMILES string of the molecule is Fc1cc(Br)c2occ(-c3ccccc3)c2c1. The van der Waals surface area contributed by atoms with E-state index in [1.807, 2.05) is 30.3 Å². The first-order chi connectivity index (χ1) is 8.25. The standard InChI is InChI=1S/C14H8BrFO/c15-13-7-10(16)6-11-12(8-17-14(11)13)9-4-2-1-3-5-9/h1-8H. The third-order valence-corrected chi connectivity index (χ3v) is 3.27. The van der Waals surface area contributed by atoms with Crippen molar-refractivity contribution in [2.75, 3.05) is 0 Å². The van der Waals surface area contributed by atoms with E-state index in [0.717, 1.165) is 16.5 Å². The fourth-order valence-corrected chi connectivity index (χ4v) is 2.43. The number of rotatable bonds is 1. The molecule has 3 rings (SSSR count). The fourth-order valence-electron chi connectivity index (χ4n) is 1.90. The average Bonchev–Trinajstić information content (AvgIpc) is 2.74. The summed E-state index contributed by atoms with van der Waals surface area (Å²) in [4.78, 5) is 0. The quantitative estimate of drug-likeness (QED) is 0.615. The second-order valence-corrected chi connectivity index (χ2v) is 4.63.